The highest BCUT2D eigenvalue weighted by molar-refractivity contribution is 6.01. The number of hydrogen-bond donors (Lipinski definition) is 2. The van der Waals surface area contributed by atoms with Crippen LogP contribution in [0.15, 0.2) is 35.9 Å². The van der Waals surface area contributed by atoms with Crippen LogP contribution < -0.4 is 10.6 Å². The summed E-state index contributed by atoms with van der Waals surface area (Å²) in [6.07, 6.45) is 1.61. The number of carbonyl (C=O) groups excluding carboxylic acids is 2. The molecule has 0 fully saturated rings. The number of rotatable bonds is 8. The van der Waals surface area contributed by atoms with Crippen LogP contribution in [0.3, 0.4) is 0 Å². The van der Waals surface area contributed by atoms with Crippen LogP contribution in [0.2, 0.25) is 0 Å². The van der Waals surface area contributed by atoms with Gasteiger partial charge in [-0.1, -0.05) is 12.1 Å². The van der Waals surface area contributed by atoms with Gasteiger partial charge in [0, 0.05) is 37.7 Å². The van der Waals surface area contributed by atoms with Crippen molar-refractivity contribution >= 4 is 17.9 Å². The first kappa shape index (κ1) is 22.9. The van der Waals surface area contributed by atoms with Crippen LogP contribution in [0.4, 0.5) is 0 Å². The molecule has 0 aliphatic rings. The summed E-state index contributed by atoms with van der Waals surface area (Å²) < 4.78 is 7.38. The maximum absolute atomic E-state index is 12.6. The number of hydrogen-bond acceptors (Lipinski definition) is 4. The summed E-state index contributed by atoms with van der Waals surface area (Å²) in [7, 11) is 3.22. The molecule has 0 bridgehead atoms. The van der Waals surface area contributed by atoms with Crippen LogP contribution in [0.5, 0.6) is 0 Å². The molecule has 30 heavy (non-hydrogen) atoms. The average molecular weight is 409 g/mol. The molecular weight excluding hydrogens is 380 g/mol. The molecule has 2 amide bonds. The van der Waals surface area contributed by atoms with Crippen molar-refractivity contribution < 1.29 is 14.3 Å². The largest absolute Gasteiger partial charge is 0.383 e. The summed E-state index contributed by atoms with van der Waals surface area (Å²) in [5.41, 5.74) is 4.13. The maximum atomic E-state index is 12.6. The van der Waals surface area contributed by atoms with Gasteiger partial charge in [-0.05, 0) is 56.2 Å². The molecule has 2 aromatic rings. The number of ether oxygens (including phenoxy) is 1. The minimum absolute atomic E-state index is 0.0251. The zero-order valence-corrected chi connectivity index (χ0v) is 18.1. The number of nitrogens with zero attached hydrogens (tertiary/aromatic N) is 2. The van der Waals surface area contributed by atoms with Crippen molar-refractivity contribution in [1.82, 2.24) is 15.2 Å². The van der Waals surface area contributed by atoms with Crippen LogP contribution in [0.1, 0.15) is 45.8 Å². The van der Waals surface area contributed by atoms with E-state index in [-0.39, 0.29) is 24.1 Å². The van der Waals surface area contributed by atoms with Gasteiger partial charge in [0.25, 0.3) is 11.8 Å². The van der Waals surface area contributed by atoms with Gasteiger partial charge in [-0.15, -0.1) is 0 Å². The molecule has 0 saturated carbocycles. The topological polar surface area (TPSA) is 96.2 Å². The van der Waals surface area contributed by atoms with Gasteiger partial charge in [-0.3, -0.25) is 9.59 Å². The zero-order valence-electron chi connectivity index (χ0n) is 18.1. The standard InChI is InChI=1S/C23H28N4O3/c1-15-9-20(17(3)27(15)16(2)14-30-5)11-21(12-24)23(29)26-13-18-7-6-8-19(10-18)22(28)25-4/h6-11,16H,13-14H2,1-5H3,(H,25,28)(H,26,29)/b21-11-. The molecule has 7 nitrogen and oxygen atoms in total. The Morgan fingerprint density at radius 3 is 2.67 bits per heavy atom. The van der Waals surface area contributed by atoms with Gasteiger partial charge in [0.05, 0.1) is 12.6 Å². The van der Waals surface area contributed by atoms with Crippen molar-refractivity contribution in [3.8, 4) is 6.07 Å². The Bertz CT molecular complexity index is 998. The Hall–Kier alpha value is -3.37. The van der Waals surface area contributed by atoms with E-state index >= 15 is 0 Å². The Balaban J connectivity index is 2.18. The number of nitriles is 1. The Morgan fingerprint density at radius 2 is 2.03 bits per heavy atom. The van der Waals surface area contributed by atoms with Gasteiger partial charge in [-0.25, -0.2) is 0 Å². The van der Waals surface area contributed by atoms with E-state index in [0.29, 0.717) is 12.2 Å². The van der Waals surface area contributed by atoms with Gasteiger partial charge in [0.15, 0.2) is 0 Å². The van der Waals surface area contributed by atoms with Crippen LogP contribution in [-0.4, -0.2) is 37.1 Å². The Kier molecular flexibility index (Phi) is 7.96. The molecule has 0 aliphatic heterocycles. The van der Waals surface area contributed by atoms with Crippen molar-refractivity contribution in [3.05, 3.63) is 64.0 Å². The predicted octanol–water partition coefficient (Wildman–Crippen LogP) is 2.90. The van der Waals surface area contributed by atoms with Crippen LogP contribution in [0.25, 0.3) is 6.08 Å². The van der Waals surface area contributed by atoms with Crippen LogP contribution in [-0.2, 0) is 16.1 Å². The number of benzene rings is 1. The quantitative estimate of drug-likeness (QED) is 0.519. The molecule has 1 unspecified atom stereocenters. The molecule has 158 valence electrons. The van der Waals surface area contributed by atoms with E-state index < -0.39 is 5.91 Å². The van der Waals surface area contributed by atoms with E-state index in [1.165, 1.54) is 0 Å². The zero-order chi connectivity index (χ0) is 22.3. The first-order valence-electron chi connectivity index (χ1n) is 9.70. The summed E-state index contributed by atoms with van der Waals surface area (Å²) in [5.74, 6) is -0.656. The van der Waals surface area contributed by atoms with Gasteiger partial charge in [0.1, 0.15) is 11.6 Å². The van der Waals surface area contributed by atoms with Gasteiger partial charge in [-0.2, -0.15) is 5.26 Å². The number of methoxy groups -OCH3 is 1. The van der Waals surface area contributed by atoms with Crippen LogP contribution >= 0.6 is 0 Å². The molecule has 1 heterocycles. The highest BCUT2D eigenvalue weighted by atomic mass is 16.5. The normalized spacial score (nSPS) is 12.2. The number of amides is 2. The molecule has 0 aliphatic carbocycles. The lowest BCUT2D eigenvalue weighted by atomic mass is 10.1. The third-order valence-electron chi connectivity index (χ3n) is 4.91. The predicted molar refractivity (Wildman–Crippen MR) is 116 cm³/mol. The number of aromatic nitrogens is 1. The highest BCUT2D eigenvalue weighted by Crippen LogP contribution is 2.22. The molecule has 2 rings (SSSR count). The lowest BCUT2D eigenvalue weighted by Crippen LogP contribution is -2.24. The fourth-order valence-corrected chi connectivity index (χ4v) is 3.49. The van der Waals surface area contributed by atoms with E-state index in [9.17, 15) is 14.9 Å². The third kappa shape index (κ3) is 5.37. The summed E-state index contributed by atoms with van der Waals surface area (Å²) in [5, 5.41) is 14.8. The van der Waals surface area contributed by atoms with Gasteiger partial charge < -0.3 is 19.9 Å². The van der Waals surface area contributed by atoms with E-state index in [1.807, 2.05) is 32.0 Å². The van der Waals surface area contributed by atoms with E-state index in [2.05, 4.69) is 22.1 Å². The summed E-state index contributed by atoms with van der Waals surface area (Å²) in [6.45, 7) is 6.79. The summed E-state index contributed by atoms with van der Waals surface area (Å²) in [6, 6.07) is 11.1. The Morgan fingerprint density at radius 1 is 1.30 bits per heavy atom. The van der Waals surface area contributed by atoms with Crippen molar-refractivity contribution in [2.75, 3.05) is 20.8 Å². The maximum Gasteiger partial charge on any atom is 0.262 e. The molecule has 0 saturated heterocycles. The SMILES string of the molecule is CNC(=O)c1cccc(CNC(=O)/C(C#N)=C\c2cc(C)n(C(C)COC)c2C)c1. The van der Waals surface area contributed by atoms with Crippen molar-refractivity contribution in [1.29, 1.82) is 5.26 Å². The smallest absolute Gasteiger partial charge is 0.262 e. The minimum atomic E-state index is -0.461. The monoisotopic (exact) mass is 408 g/mol. The molecule has 7 heteroatoms. The van der Waals surface area contributed by atoms with Crippen molar-refractivity contribution in [2.24, 2.45) is 0 Å². The van der Waals surface area contributed by atoms with Gasteiger partial charge >= 0.3 is 0 Å². The third-order valence-corrected chi connectivity index (χ3v) is 4.91. The highest BCUT2D eigenvalue weighted by Gasteiger charge is 2.16. The summed E-state index contributed by atoms with van der Waals surface area (Å²) >= 11 is 0. The first-order valence-corrected chi connectivity index (χ1v) is 9.70. The van der Waals surface area contributed by atoms with E-state index in [0.717, 1.165) is 22.5 Å². The van der Waals surface area contributed by atoms with E-state index in [1.54, 1.807) is 38.4 Å². The lowest BCUT2D eigenvalue weighted by Gasteiger charge is -2.17. The number of aryl methyl sites for hydroxylation is 1. The lowest BCUT2D eigenvalue weighted by molar-refractivity contribution is -0.117. The second-order valence-electron chi connectivity index (χ2n) is 7.13. The van der Waals surface area contributed by atoms with Crippen molar-refractivity contribution in [2.45, 2.75) is 33.4 Å². The average Bonchev–Trinajstić information content (AvgIpc) is 3.02. The van der Waals surface area contributed by atoms with Crippen molar-refractivity contribution in [3.63, 3.8) is 0 Å². The number of carbonyl (C=O) groups is 2. The molecule has 1 aromatic heterocycles. The minimum Gasteiger partial charge on any atom is -0.383 e. The number of nitrogens with one attached hydrogen (secondary N) is 2. The molecule has 0 spiro atoms. The summed E-state index contributed by atoms with van der Waals surface area (Å²) in [4.78, 5) is 24.3. The van der Waals surface area contributed by atoms with E-state index in [4.69, 9.17) is 4.74 Å². The van der Waals surface area contributed by atoms with Crippen LogP contribution in [0, 0.1) is 25.2 Å². The first-order chi connectivity index (χ1) is 14.3. The second kappa shape index (κ2) is 10.4. The second-order valence-corrected chi connectivity index (χ2v) is 7.13. The molecule has 0 radical (unpaired) electrons. The fourth-order valence-electron chi connectivity index (χ4n) is 3.49. The fraction of sp³-hybridized carbons (Fsp3) is 0.348. The molecule has 1 aromatic carbocycles. The Labute approximate surface area is 177 Å². The molecular formula is C23H28N4O3. The molecule has 1 atom stereocenters. The van der Waals surface area contributed by atoms with Gasteiger partial charge in [0.2, 0.25) is 0 Å². The molecule has 2 N–H and O–H groups in total.